The van der Waals surface area contributed by atoms with Gasteiger partial charge in [0.05, 0.1) is 7.11 Å². The summed E-state index contributed by atoms with van der Waals surface area (Å²) in [5, 5.41) is 0. The zero-order valence-corrected chi connectivity index (χ0v) is 10.7. The Kier molecular flexibility index (Phi) is 4.26. The molecule has 0 saturated heterocycles. The van der Waals surface area contributed by atoms with Crippen LogP contribution in [0.1, 0.15) is 18.4 Å². The third-order valence-corrected chi connectivity index (χ3v) is 3.28. The molecule has 1 heterocycles. The number of rotatable bonds is 5. The van der Waals surface area contributed by atoms with Gasteiger partial charge in [-0.05, 0) is 30.9 Å². The van der Waals surface area contributed by atoms with Gasteiger partial charge in [-0.25, -0.2) is 0 Å². The maximum absolute atomic E-state index is 5.30. The second-order valence-electron chi connectivity index (χ2n) is 4.43. The van der Waals surface area contributed by atoms with E-state index in [1.54, 1.807) is 14.2 Å². The van der Waals surface area contributed by atoms with E-state index >= 15 is 0 Å². The Morgan fingerprint density at radius 3 is 2.94 bits per heavy atom. The summed E-state index contributed by atoms with van der Waals surface area (Å²) < 4.78 is 10.4. The fourth-order valence-electron chi connectivity index (χ4n) is 2.39. The molecule has 1 aliphatic rings. The van der Waals surface area contributed by atoms with Gasteiger partial charge in [0.15, 0.2) is 0 Å². The molecule has 0 N–H and O–H groups in total. The van der Waals surface area contributed by atoms with Crippen LogP contribution in [0.15, 0.2) is 18.2 Å². The second-order valence-corrected chi connectivity index (χ2v) is 4.43. The fraction of sp³-hybridized carbons (Fsp3) is 0.571. The number of aryl methyl sites for hydroxylation is 1. The third-order valence-electron chi connectivity index (χ3n) is 3.28. The van der Waals surface area contributed by atoms with Crippen LogP contribution in [0.4, 0.5) is 5.69 Å². The Morgan fingerprint density at radius 2 is 2.18 bits per heavy atom. The Morgan fingerprint density at radius 1 is 1.29 bits per heavy atom. The van der Waals surface area contributed by atoms with Gasteiger partial charge in [-0.2, -0.15) is 0 Å². The van der Waals surface area contributed by atoms with E-state index < -0.39 is 0 Å². The molecule has 0 bridgehead atoms. The number of fused-ring (bicyclic) bond motifs is 1. The first-order valence-corrected chi connectivity index (χ1v) is 6.26. The van der Waals surface area contributed by atoms with Crippen molar-refractivity contribution in [2.75, 3.05) is 38.8 Å². The van der Waals surface area contributed by atoms with Crippen LogP contribution in [0.5, 0.6) is 5.75 Å². The summed E-state index contributed by atoms with van der Waals surface area (Å²) in [7, 11) is 3.48. The van der Waals surface area contributed by atoms with Gasteiger partial charge in [-0.3, -0.25) is 0 Å². The van der Waals surface area contributed by atoms with E-state index in [4.69, 9.17) is 9.47 Å². The van der Waals surface area contributed by atoms with Crippen molar-refractivity contribution >= 4 is 5.69 Å². The molecular weight excluding hydrogens is 214 g/mol. The van der Waals surface area contributed by atoms with Gasteiger partial charge in [0, 0.05) is 38.6 Å². The van der Waals surface area contributed by atoms with Crippen LogP contribution < -0.4 is 9.64 Å². The fourth-order valence-corrected chi connectivity index (χ4v) is 2.39. The standard InChI is InChI=1S/C14H21NO2/c1-16-10-4-9-15-8-3-5-12-6-7-13(17-2)11-14(12)15/h6-7,11H,3-5,8-10H2,1-2H3. The van der Waals surface area contributed by atoms with Gasteiger partial charge in [0.2, 0.25) is 0 Å². The summed E-state index contributed by atoms with van der Waals surface area (Å²) in [4.78, 5) is 2.44. The van der Waals surface area contributed by atoms with E-state index in [1.165, 1.54) is 24.1 Å². The minimum Gasteiger partial charge on any atom is -0.497 e. The highest BCUT2D eigenvalue weighted by Gasteiger charge is 2.16. The minimum absolute atomic E-state index is 0.829. The molecule has 1 aliphatic heterocycles. The molecule has 0 unspecified atom stereocenters. The molecule has 1 aromatic carbocycles. The van der Waals surface area contributed by atoms with Crippen LogP contribution in [0.25, 0.3) is 0 Å². The Hall–Kier alpha value is -1.22. The maximum atomic E-state index is 5.30. The van der Waals surface area contributed by atoms with Gasteiger partial charge in [-0.1, -0.05) is 6.07 Å². The van der Waals surface area contributed by atoms with Crippen LogP contribution in [0.2, 0.25) is 0 Å². The quantitative estimate of drug-likeness (QED) is 0.732. The minimum atomic E-state index is 0.829. The molecule has 0 radical (unpaired) electrons. The van der Waals surface area contributed by atoms with Crippen LogP contribution >= 0.6 is 0 Å². The van der Waals surface area contributed by atoms with Gasteiger partial charge in [0.1, 0.15) is 5.75 Å². The molecule has 1 aromatic rings. The zero-order chi connectivity index (χ0) is 12.1. The molecule has 3 heteroatoms. The topological polar surface area (TPSA) is 21.7 Å². The van der Waals surface area contributed by atoms with Crippen molar-refractivity contribution < 1.29 is 9.47 Å². The number of ether oxygens (including phenoxy) is 2. The maximum Gasteiger partial charge on any atom is 0.120 e. The zero-order valence-electron chi connectivity index (χ0n) is 10.7. The van der Waals surface area contributed by atoms with E-state index in [2.05, 4.69) is 23.1 Å². The average molecular weight is 235 g/mol. The first-order chi connectivity index (χ1) is 8.35. The summed E-state index contributed by atoms with van der Waals surface area (Å²) in [5.74, 6) is 0.947. The Labute approximate surface area is 103 Å². The van der Waals surface area contributed by atoms with Crippen LogP contribution in [-0.2, 0) is 11.2 Å². The van der Waals surface area contributed by atoms with Gasteiger partial charge >= 0.3 is 0 Å². The lowest BCUT2D eigenvalue weighted by Gasteiger charge is -2.31. The SMILES string of the molecule is COCCCN1CCCc2ccc(OC)cc21. The van der Waals surface area contributed by atoms with Crippen LogP contribution in [-0.4, -0.2) is 33.9 Å². The van der Waals surface area contributed by atoms with E-state index in [0.29, 0.717) is 0 Å². The normalized spacial score (nSPS) is 14.6. The predicted molar refractivity (Wildman–Crippen MR) is 70.0 cm³/mol. The van der Waals surface area contributed by atoms with Crippen LogP contribution in [0.3, 0.4) is 0 Å². The van der Waals surface area contributed by atoms with Gasteiger partial charge < -0.3 is 14.4 Å². The molecule has 2 rings (SSSR count). The first kappa shape index (κ1) is 12.2. The first-order valence-electron chi connectivity index (χ1n) is 6.26. The van der Waals surface area contributed by atoms with E-state index in [0.717, 1.165) is 31.9 Å². The number of anilines is 1. The highest BCUT2D eigenvalue weighted by atomic mass is 16.5. The van der Waals surface area contributed by atoms with Gasteiger partial charge in [0.25, 0.3) is 0 Å². The summed E-state index contributed by atoms with van der Waals surface area (Å²) in [6.07, 6.45) is 3.50. The van der Waals surface area contributed by atoms with Crippen molar-refractivity contribution in [3.05, 3.63) is 23.8 Å². The van der Waals surface area contributed by atoms with Crippen molar-refractivity contribution in [2.45, 2.75) is 19.3 Å². The highest BCUT2D eigenvalue weighted by molar-refractivity contribution is 5.58. The van der Waals surface area contributed by atoms with Crippen molar-refractivity contribution in [3.8, 4) is 5.75 Å². The van der Waals surface area contributed by atoms with Crippen molar-refractivity contribution in [1.82, 2.24) is 0 Å². The van der Waals surface area contributed by atoms with E-state index in [-0.39, 0.29) is 0 Å². The molecule has 0 amide bonds. The third kappa shape index (κ3) is 2.91. The Balaban J connectivity index is 2.11. The molecule has 0 atom stereocenters. The largest absolute Gasteiger partial charge is 0.497 e. The molecule has 0 spiro atoms. The molecule has 0 saturated carbocycles. The Bertz CT molecular complexity index is 365. The summed E-state index contributed by atoms with van der Waals surface area (Å²) >= 11 is 0. The number of benzene rings is 1. The van der Waals surface area contributed by atoms with Crippen molar-refractivity contribution in [2.24, 2.45) is 0 Å². The summed E-state index contributed by atoms with van der Waals surface area (Å²) in [6.45, 7) is 3.04. The number of nitrogens with zero attached hydrogens (tertiary/aromatic N) is 1. The molecule has 0 fully saturated rings. The van der Waals surface area contributed by atoms with Crippen molar-refractivity contribution in [1.29, 1.82) is 0 Å². The molecule has 0 aromatic heterocycles. The molecule has 0 aliphatic carbocycles. The highest BCUT2D eigenvalue weighted by Crippen LogP contribution is 2.30. The molecule has 17 heavy (non-hydrogen) atoms. The monoisotopic (exact) mass is 235 g/mol. The molecular formula is C14H21NO2. The summed E-state index contributed by atoms with van der Waals surface area (Å²) in [5.41, 5.74) is 2.78. The van der Waals surface area contributed by atoms with Gasteiger partial charge in [-0.15, -0.1) is 0 Å². The van der Waals surface area contributed by atoms with Crippen molar-refractivity contribution in [3.63, 3.8) is 0 Å². The lowest BCUT2D eigenvalue weighted by atomic mass is 10.0. The number of methoxy groups -OCH3 is 2. The molecule has 94 valence electrons. The number of hydrogen-bond donors (Lipinski definition) is 0. The second kappa shape index (κ2) is 5.92. The lowest BCUT2D eigenvalue weighted by Crippen LogP contribution is -2.30. The van der Waals surface area contributed by atoms with E-state index in [1.807, 2.05) is 0 Å². The molecule has 3 nitrogen and oxygen atoms in total. The average Bonchev–Trinajstić information content (AvgIpc) is 2.39. The predicted octanol–water partition coefficient (Wildman–Crippen LogP) is 2.48. The number of hydrogen-bond acceptors (Lipinski definition) is 3. The smallest absolute Gasteiger partial charge is 0.120 e. The summed E-state index contributed by atoms with van der Waals surface area (Å²) in [6, 6.07) is 6.40. The van der Waals surface area contributed by atoms with E-state index in [9.17, 15) is 0 Å². The lowest BCUT2D eigenvalue weighted by molar-refractivity contribution is 0.196. The van der Waals surface area contributed by atoms with Crippen LogP contribution in [0, 0.1) is 0 Å².